The standard InChI is InChI=1S/C10H22N2/c1-9-7-10(8-9)12-6-4-3-5-11-2/h9-12H,3-8H2,1-2H3. The fourth-order valence-corrected chi connectivity index (χ4v) is 1.80. The van der Waals surface area contributed by atoms with Crippen LogP contribution in [0.2, 0.25) is 0 Å². The van der Waals surface area contributed by atoms with Gasteiger partial charge in [0.1, 0.15) is 0 Å². The quantitative estimate of drug-likeness (QED) is 0.588. The van der Waals surface area contributed by atoms with Crippen LogP contribution in [-0.4, -0.2) is 26.2 Å². The Hall–Kier alpha value is -0.0800. The molecule has 2 heteroatoms. The highest BCUT2D eigenvalue weighted by Gasteiger charge is 2.23. The predicted octanol–water partition coefficient (Wildman–Crippen LogP) is 1.37. The first-order valence-corrected chi connectivity index (χ1v) is 5.21. The normalized spacial score (nSPS) is 28.5. The number of rotatable bonds is 6. The molecule has 0 spiro atoms. The van der Waals surface area contributed by atoms with Crippen molar-refractivity contribution in [2.24, 2.45) is 5.92 Å². The van der Waals surface area contributed by atoms with Gasteiger partial charge in [0.05, 0.1) is 0 Å². The summed E-state index contributed by atoms with van der Waals surface area (Å²) in [6, 6.07) is 0.842. The lowest BCUT2D eigenvalue weighted by Gasteiger charge is -2.33. The smallest absolute Gasteiger partial charge is 0.00721 e. The molecule has 0 aliphatic heterocycles. The molecule has 0 saturated heterocycles. The highest BCUT2D eigenvalue weighted by Crippen LogP contribution is 2.25. The largest absolute Gasteiger partial charge is 0.320 e. The zero-order chi connectivity index (χ0) is 8.81. The molecule has 1 saturated carbocycles. The molecule has 0 heterocycles. The summed E-state index contributed by atoms with van der Waals surface area (Å²) in [6.45, 7) is 4.70. The minimum absolute atomic E-state index is 0.842. The third kappa shape index (κ3) is 3.55. The molecule has 1 aliphatic rings. The van der Waals surface area contributed by atoms with Gasteiger partial charge in [0, 0.05) is 6.04 Å². The number of nitrogens with one attached hydrogen (secondary N) is 2. The van der Waals surface area contributed by atoms with Crippen molar-refractivity contribution in [3.8, 4) is 0 Å². The molecule has 0 amide bonds. The Morgan fingerprint density at radius 3 is 2.42 bits per heavy atom. The van der Waals surface area contributed by atoms with E-state index < -0.39 is 0 Å². The fraction of sp³-hybridized carbons (Fsp3) is 1.00. The van der Waals surface area contributed by atoms with Crippen LogP contribution in [0.3, 0.4) is 0 Å². The van der Waals surface area contributed by atoms with E-state index in [9.17, 15) is 0 Å². The summed E-state index contributed by atoms with van der Waals surface area (Å²) in [5.41, 5.74) is 0. The lowest BCUT2D eigenvalue weighted by atomic mass is 9.82. The molecule has 0 unspecified atom stereocenters. The van der Waals surface area contributed by atoms with E-state index >= 15 is 0 Å². The summed E-state index contributed by atoms with van der Waals surface area (Å²) in [7, 11) is 2.01. The average molecular weight is 170 g/mol. The molecule has 1 aliphatic carbocycles. The highest BCUT2D eigenvalue weighted by molar-refractivity contribution is 4.81. The zero-order valence-electron chi connectivity index (χ0n) is 8.40. The van der Waals surface area contributed by atoms with Crippen molar-refractivity contribution < 1.29 is 0 Å². The van der Waals surface area contributed by atoms with Crippen LogP contribution in [0.15, 0.2) is 0 Å². The number of hydrogen-bond donors (Lipinski definition) is 2. The van der Waals surface area contributed by atoms with Crippen LogP contribution in [0.5, 0.6) is 0 Å². The Morgan fingerprint density at radius 2 is 1.83 bits per heavy atom. The maximum absolute atomic E-state index is 3.58. The van der Waals surface area contributed by atoms with Crippen LogP contribution < -0.4 is 10.6 Å². The summed E-state index contributed by atoms with van der Waals surface area (Å²) >= 11 is 0. The maximum Gasteiger partial charge on any atom is 0.00721 e. The second-order valence-corrected chi connectivity index (χ2v) is 4.04. The Balaban J connectivity index is 1.77. The summed E-state index contributed by atoms with van der Waals surface area (Å²) in [6.07, 6.45) is 5.40. The van der Waals surface area contributed by atoms with Crippen LogP contribution in [0, 0.1) is 5.92 Å². The van der Waals surface area contributed by atoms with E-state index in [0.29, 0.717) is 0 Å². The molecule has 0 atom stereocenters. The molecule has 72 valence electrons. The van der Waals surface area contributed by atoms with Crippen LogP contribution in [0.1, 0.15) is 32.6 Å². The van der Waals surface area contributed by atoms with Gasteiger partial charge in [-0.15, -0.1) is 0 Å². The zero-order valence-corrected chi connectivity index (χ0v) is 8.40. The second kappa shape index (κ2) is 5.55. The second-order valence-electron chi connectivity index (χ2n) is 4.04. The Labute approximate surface area is 76.1 Å². The van der Waals surface area contributed by atoms with E-state index in [2.05, 4.69) is 17.6 Å². The average Bonchev–Trinajstić information content (AvgIpc) is 2.00. The third-order valence-corrected chi connectivity index (χ3v) is 2.66. The fourth-order valence-electron chi connectivity index (χ4n) is 1.80. The van der Waals surface area contributed by atoms with Crippen LogP contribution >= 0.6 is 0 Å². The van der Waals surface area contributed by atoms with Gasteiger partial charge in [-0.05, 0) is 51.7 Å². The molecule has 1 rings (SSSR count). The van der Waals surface area contributed by atoms with Crippen molar-refractivity contribution in [1.29, 1.82) is 0 Å². The van der Waals surface area contributed by atoms with Gasteiger partial charge < -0.3 is 10.6 Å². The maximum atomic E-state index is 3.58. The first-order valence-electron chi connectivity index (χ1n) is 5.21. The Bertz CT molecular complexity index is 108. The monoisotopic (exact) mass is 170 g/mol. The van der Waals surface area contributed by atoms with Gasteiger partial charge in [0.2, 0.25) is 0 Å². The number of hydrogen-bond acceptors (Lipinski definition) is 2. The number of unbranched alkanes of at least 4 members (excludes halogenated alkanes) is 1. The van der Waals surface area contributed by atoms with E-state index in [1.807, 2.05) is 7.05 Å². The first kappa shape index (κ1) is 10.0. The van der Waals surface area contributed by atoms with Crippen molar-refractivity contribution >= 4 is 0 Å². The van der Waals surface area contributed by atoms with Gasteiger partial charge in [-0.25, -0.2) is 0 Å². The Kier molecular flexibility index (Phi) is 4.62. The van der Waals surface area contributed by atoms with Gasteiger partial charge >= 0.3 is 0 Å². The van der Waals surface area contributed by atoms with E-state index in [4.69, 9.17) is 0 Å². The summed E-state index contributed by atoms with van der Waals surface area (Å²) in [5.74, 6) is 0.972. The van der Waals surface area contributed by atoms with E-state index in [1.54, 1.807) is 0 Å². The van der Waals surface area contributed by atoms with Gasteiger partial charge in [0.15, 0.2) is 0 Å². The molecule has 12 heavy (non-hydrogen) atoms. The van der Waals surface area contributed by atoms with Crippen molar-refractivity contribution in [3.05, 3.63) is 0 Å². The van der Waals surface area contributed by atoms with E-state index in [-0.39, 0.29) is 0 Å². The topological polar surface area (TPSA) is 24.1 Å². The molecule has 0 aromatic carbocycles. The van der Waals surface area contributed by atoms with Crippen molar-refractivity contribution in [2.45, 2.75) is 38.6 Å². The molecule has 0 aromatic rings. The van der Waals surface area contributed by atoms with Crippen LogP contribution in [0.25, 0.3) is 0 Å². The summed E-state index contributed by atoms with van der Waals surface area (Å²) in [5, 5.41) is 6.74. The third-order valence-electron chi connectivity index (χ3n) is 2.66. The van der Waals surface area contributed by atoms with Gasteiger partial charge in [-0.1, -0.05) is 6.92 Å². The summed E-state index contributed by atoms with van der Waals surface area (Å²) in [4.78, 5) is 0. The molecule has 0 bridgehead atoms. The molecule has 1 fully saturated rings. The minimum atomic E-state index is 0.842. The lowest BCUT2D eigenvalue weighted by molar-refractivity contribution is 0.241. The predicted molar refractivity (Wildman–Crippen MR) is 53.3 cm³/mol. The SMILES string of the molecule is CNCCCCNC1CC(C)C1. The first-order chi connectivity index (χ1) is 5.83. The van der Waals surface area contributed by atoms with Crippen LogP contribution in [0.4, 0.5) is 0 Å². The van der Waals surface area contributed by atoms with Crippen molar-refractivity contribution in [1.82, 2.24) is 10.6 Å². The molecule has 0 radical (unpaired) electrons. The minimum Gasteiger partial charge on any atom is -0.320 e. The van der Waals surface area contributed by atoms with E-state index in [1.165, 1.54) is 32.2 Å². The highest BCUT2D eigenvalue weighted by atomic mass is 14.9. The van der Waals surface area contributed by atoms with Crippen molar-refractivity contribution in [2.75, 3.05) is 20.1 Å². The van der Waals surface area contributed by atoms with Crippen LogP contribution in [-0.2, 0) is 0 Å². The van der Waals surface area contributed by atoms with Gasteiger partial charge in [0.25, 0.3) is 0 Å². The van der Waals surface area contributed by atoms with Gasteiger partial charge in [-0.3, -0.25) is 0 Å². The molecule has 2 N–H and O–H groups in total. The summed E-state index contributed by atoms with van der Waals surface area (Å²) < 4.78 is 0. The van der Waals surface area contributed by atoms with Gasteiger partial charge in [-0.2, -0.15) is 0 Å². The van der Waals surface area contributed by atoms with Crippen molar-refractivity contribution in [3.63, 3.8) is 0 Å². The molecular weight excluding hydrogens is 148 g/mol. The molecular formula is C10H22N2. The molecule has 0 aromatic heterocycles. The molecule has 2 nitrogen and oxygen atoms in total. The Morgan fingerprint density at radius 1 is 1.17 bits per heavy atom. The lowest BCUT2D eigenvalue weighted by Crippen LogP contribution is -2.40. The van der Waals surface area contributed by atoms with E-state index in [0.717, 1.165) is 18.5 Å².